The summed E-state index contributed by atoms with van der Waals surface area (Å²) in [7, 11) is 0. The fourth-order valence-corrected chi connectivity index (χ4v) is 4.63. The number of rotatable bonds is 3. The summed E-state index contributed by atoms with van der Waals surface area (Å²) in [6.07, 6.45) is -0.215. The van der Waals surface area contributed by atoms with Gasteiger partial charge in [-0.2, -0.15) is 0 Å². The van der Waals surface area contributed by atoms with Crippen LogP contribution in [0.3, 0.4) is 0 Å². The predicted molar refractivity (Wildman–Crippen MR) is 98.1 cm³/mol. The standard InChI is InChI=1S/C20H12F3NO3S/c21-10-6-4-9(5-7-10)15-17-18(28-19(15)20(26)27)11(8-14(25)24-17)16-12(22)2-1-3-13(16)23/h1-7,11H,8H2,(H,24,25)(H,26,27)/t11-/m0/s1. The average Bonchev–Trinajstić information content (AvgIpc) is 3.02. The van der Waals surface area contributed by atoms with Crippen LogP contribution in [0, 0.1) is 17.5 Å². The molecule has 1 aliphatic heterocycles. The maximum absolute atomic E-state index is 14.4. The van der Waals surface area contributed by atoms with E-state index in [4.69, 9.17) is 0 Å². The third-order valence-electron chi connectivity index (χ3n) is 4.58. The lowest BCUT2D eigenvalue weighted by molar-refractivity contribution is -0.116. The first-order chi connectivity index (χ1) is 13.4. The van der Waals surface area contributed by atoms with E-state index in [0.29, 0.717) is 10.4 Å². The number of carboxylic acids is 1. The molecule has 4 nitrogen and oxygen atoms in total. The van der Waals surface area contributed by atoms with E-state index >= 15 is 0 Å². The van der Waals surface area contributed by atoms with Gasteiger partial charge in [0.05, 0.1) is 5.69 Å². The van der Waals surface area contributed by atoms with Crippen molar-refractivity contribution < 1.29 is 27.9 Å². The number of carboxylic acid groups (broad SMARTS) is 1. The molecule has 0 aliphatic carbocycles. The molecule has 1 amide bonds. The Bertz CT molecular complexity index is 1090. The van der Waals surface area contributed by atoms with Gasteiger partial charge in [0.25, 0.3) is 0 Å². The molecule has 0 fully saturated rings. The van der Waals surface area contributed by atoms with Gasteiger partial charge in [-0.25, -0.2) is 18.0 Å². The summed E-state index contributed by atoms with van der Waals surface area (Å²) in [5, 5.41) is 12.3. The van der Waals surface area contributed by atoms with Crippen molar-refractivity contribution in [3.63, 3.8) is 0 Å². The zero-order chi connectivity index (χ0) is 20.0. The molecule has 4 rings (SSSR count). The topological polar surface area (TPSA) is 66.4 Å². The Labute approximate surface area is 161 Å². The van der Waals surface area contributed by atoms with Crippen LogP contribution in [-0.2, 0) is 4.79 Å². The minimum absolute atomic E-state index is 0.0967. The quantitative estimate of drug-likeness (QED) is 0.647. The van der Waals surface area contributed by atoms with Crippen molar-refractivity contribution >= 4 is 28.9 Å². The number of hydrogen-bond donors (Lipinski definition) is 2. The van der Waals surface area contributed by atoms with E-state index in [1.54, 1.807) is 0 Å². The smallest absolute Gasteiger partial charge is 0.346 e. The second-order valence-electron chi connectivity index (χ2n) is 6.30. The van der Waals surface area contributed by atoms with E-state index in [1.165, 1.54) is 30.3 Å². The molecule has 2 aromatic carbocycles. The van der Waals surface area contributed by atoms with Gasteiger partial charge in [-0.05, 0) is 29.8 Å². The molecule has 2 N–H and O–H groups in total. The fraction of sp³-hybridized carbons (Fsp3) is 0.100. The minimum Gasteiger partial charge on any atom is -0.477 e. The molecule has 0 saturated carbocycles. The van der Waals surface area contributed by atoms with Crippen molar-refractivity contribution in [2.45, 2.75) is 12.3 Å². The Kier molecular flexibility index (Phi) is 4.43. The summed E-state index contributed by atoms with van der Waals surface area (Å²) < 4.78 is 42.0. The van der Waals surface area contributed by atoms with Crippen molar-refractivity contribution in [2.75, 3.05) is 5.32 Å². The van der Waals surface area contributed by atoms with E-state index < -0.39 is 35.2 Å². The number of halogens is 3. The van der Waals surface area contributed by atoms with Gasteiger partial charge in [0.1, 0.15) is 22.3 Å². The van der Waals surface area contributed by atoms with Crippen molar-refractivity contribution in [3.8, 4) is 11.1 Å². The van der Waals surface area contributed by atoms with Gasteiger partial charge in [0.2, 0.25) is 5.91 Å². The highest BCUT2D eigenvalue weighted by atomic mass is 32.1. The number of amides is 1. The molecule has 1 aromatic heterocycles. The molecule has 1 atom stereocenters. The summed E-state index contributed by atoms with van der Waals surface area (Å²) >= 11 is 0.850. The van der Waals surface area contributed by atoms with Crippen LogP contribution in [-0.4, -0.2) is 17.0 Å². The zero-order valence-electron chi connectivity index (χ0n) is 14.1. The van der Waals surface area contributed by atoms with E-state index in [1.807, 2.05) is 0 Å². The zero-order valence-corrected chi connectivity index (χ0v) is 14.9. The number of benzene rings is 2. The first-order valence-electron chi connectivity index (χ1n) is 8.26. The molecule has 2 heterocycles. The van der Waals surface area contributed by atoms with Gasteiger partial charge in [-0.1, -0.05) is 18.2 Å². The summed E-state index contributed by atoms with van der Waals surface area (Å²) in [6, 6.07) is 8.54. The lowest BCUT2D eigenvalue weighted by atomic mass is 9.88. The van der Waals surface area contributed by atoms with E-state index in [-0.39, 0.29) is 28.1 Å². The lowest BCUT2D eigenvalue weighted by Gasteiger charge is -2.24. The number of anilines is 1. The average molecular weight is 403 g/mol. The van der Waals surface area contributed by atoms with Crippen LogP contribution in [0.4, 0.5) is 18.9 Å². The molecule has 28 heavy (non-hydrogen) atoms. The number of fused-ring (bicyclic) bond motifs is 1. The number of carbonyl (C=O) groups is 2. The maximum Gasteiger partial charge on any atom is 0.346 e. The molecule has 142 valence electrons. The van der Waals surface area contributed by atoms with Crippen LogP contribution in [0.5, 0.6) is 0 Å². The Balaban J connectivity index is 1.98. The monoisotopic (exact) mass is 403 g/mol. The molecular formula is C20H12F3NO3S. The molecular weight excluding hydrogens is 391 g/mol. The highest BCUT2D eigenvalue weighted by Gasteiger charge is 2.36. The van der Waals surface area contributed by atoms with Crippen LogP contribution < -0.4 is 5.32 Å². The number of carbonyl (C=O) groups excluding carboxylic acids is 1. The number of hydrogen-bond acceptors (Lipinski definition) is 3. The summed E-state index contributed by atoms with van der Waals surface area (Å²) in [4.78, 5) is 24.4. The summed E-state index contributed by atoms with van der Waals surface area (Å²) in [5.74, 6) is -4.81. The highest BCUT2D eigenvalue weighted by molar-refractivity contribution is 7.15. The molecule has 0 saturated heterocycles. The second-order valence-corrected chi connectivity index (χ2v) is 7.35. The van der Waals surface area contributed by atoms with Crippen molar-refractivity contribution in [1.29, 1.82) is 0 Å². The molecule has 0 bridgehead atoms. The normalized spacial score (nSPS) is 15.8. The van der Waals surface area contributed by atoms with Crippen molar-refractivity contribution in [1.82, 2.24) is 0 Å². The molecule has 0 spiro atoms. The Hall–Kier alpha value is -3.13. The van der Waals surface area contributed by atoms with Crippen LogP contribution >= 0.6 is 11.3 Å². The second kappa shape index (κ2) is 6.79. The number of aromatic carboxylic acids is 1. The Morgan fingerprint density at radius 1 is 1.07 bits per heavy atom. The lowest BCUT2D eigenvalue weighted by Crippen LogP contribution is -2.23. The molecule has 1 aliphatic rings. The van der Waals surface area contributed by atoms with E-state index in [2.05, 4.69) is 5.32 Å². The molecule has 3 aromatic rings. The van der Waals surface area contributed by atoms with Gasteiger partial charge in [0, 0.05) is 28.3 Å². The van der Waals surface area contributed by atoms with Crippen LogP contribution in [0.25, 0.3) is 11.1 Å². The minimum atomic E-state index is -1.25. The molecule has 0 unspecified atom stereocenters. The van der Waals surface area contributed by atoms with Crippen molar-refractivity contribution in [2.24, 2.45) is 0 Å². The predicted octanol–water partition coefficient (Wildman–Crippen LogP) is 5.00. The maximum atomic E-state index is 14.4. The largest absolute Gasteiger partial charge is 0.477 e. The summed E-state index contributed by atoms with van der Waals surface area (Å²) in [6.45, 7) is 0. The highest BCUT2D eigenvalue weighted by Crippen LogP contribution is 2.50. The number of thiophene rings is 1. The van der Waals surface area contributed by atoms with E-state index in [0.717, 1.165) is 23.5 Å². The van der Waals surface area contributed by atoms with Crippen LogP contribution in [0.1, 0.15) is 32.5 Å². The van der Waals surface area contributed by atoms with E-state index in [9.17, 15) is 27.9 Å². The summed E-state index contributed by atoms with van der Waals surface area (Å²) in [5.41, 5.74) is 0.494. The van der Waals surface area contributed by atoms with Crippen LogP contribution in [0.15, 0.2) is 42.5 Å². The third-order valence-corrected chi connectivity index (χ3v) is 5.87. The van der Waals surface area contributed by atoms with Gasteiger partial charge >= 0.3 is 5.97 Å². The number of nitrogens with one attached hydrogen (secondary N) is 1. The Morgan fingerprint density at radius 2 is 1.71 bits per heavy atom. The fourth-order valence-electron chi connectivity index (χ4n) is 3.41. The first-order valence-corrected chi connectivity index (χ1v) is 9.08. The third kappa shape index (κ3) is 2.95. The molecule has 0 radical (unpaired) electrons. The molecule has 8 heteroatoms. The van der Waals surface area contributed by atoms with Gasteiger partial charge in [-0.3, -0.25) is 4.79 Å². The van der Waals surface area contributed by atoms with Crippen LogP contribution in [0.2, 0.25) is 0 Å². The first kappa shape index (κ1) is 18.2. The van der Waals surface area contributed by atoms with Gasteiger partial charge in [0.15, 0.2) is 0 Å². The van der Waals surface area contributed by atoms with Crippen molar-refractivity contribution in [3.05, 3.63) is 75.2 Å². The Morgan fingerprint density at radius 3 is 2.32 bits per heavy atom. The SMILES string of the molecule is O=C1C[C@@H](c2c(F)cccc2F)c2sc(C(=O)O)c(-c3ccc(F)cc3)c2N1. The van der Waals surface area contributed by atoms with Gasteiger partial charge < -0.3 is 10.4 Å². The van der Waals surface area contributed by atoms with Gasteiger partial charge in [-0.15, -0.1) is 11.3 Å².